The lowest BCUT2D eigenvalue weighted by atomic mass is 9.99. The van der Waals surface area contributed by atoms with Crippen molar-refractivity contribution in [3.8, 4) is 5.69 Å². The summed E-state index contributed by atoms with van der Waals surface area (Å²) in [4.78, 5) is 61.0. The standard InChI is InChI=1S/C38H36ClF3N8O6/c1-38(2,3)56-36(54)44-16-23-24-19-48(4)47-28(24)14-25(39)33(23)45-34-46-35(53)50(37(55)49(34)18-20-12-26(40)32(42)27(41)13-20)29-17-43-15-22-10-7-9-21(31(22)29)8-5-6-11-30(51)52/h7,9-10,12-15,17,19H,5-6,8,11,16,18H2,1-4H3,(H,44,54)(H,51,52)(H,45,46,53). The van der Waals surface area contributed by atoms with Gasteiger partial charge in [0.2, 0.25) is 5.95 Å². The number of amides is 1. The van der Waals surface area contributed by atoms with E-state index in [-0.39, 0.29) is 34.9 Å². The predicted octanol–water partition coefficient (Wildman–Crippen LogP) is 6.51. The van der Waals surface area contributed by atoms with Crippen LogP contribution in [-0.2, 0) is 36.1 Å². The summed E-state index contributed by atoms with van der Waals surface area (Å²) < 4.78 is 51.6. The van der Waals surface area contributed by atoms with E-state index in [1.807, 2.05) is 0 Å². The summed E-state index contributed by atoms with van der Waals surface area (Å²) in [5, 5.41) is 20.8. The van der Waals surface area contributed by atoms with E-state index in [1.54, 1.807) is 58.4 Å². The number of alkyl carbamates (subject to hydrolysis) is 1. The number of halogens is 4. The molecule has 3 aromatic carbocycles. The molecular weight excluding hydrogens is 757 g/mol. The highest BCUT2D eigenvalue weighted by molar-refractivity contribution is 6.34. The second-order valence-electron chi connectivity index (χ2n) is 14.0. The number of nitrogens with one attached hydrogen (secondary N) is 2. The average molecular weight is 793 g/mol. The van der Waals surface area contributed by atoms with Crippen molar-refractivity contribution in [1.82, 2.24) is 34.2 Å². The topological polar surface area (TPSA) is 175 Å². The number of carboxylic acid groups (broad SMARTS) is 1. The second kappa shape index (κ2) is 15.9. The Kier molecular flexibility index (Phi) is 11.2. The molecule has 0 aliphatic carbocycles. The number of benzene rings is 3. The van der Waals surface area contributed by atoms with Gasteiger partial charge in [-0.05, 0) is 69.4 Å². The van der Waals surface area contributed by atoms with Crippen molar-refractivity contribution in [2.75, 3.05) is 5.32 Å². The lowest BCUT2D eigenvalue weighted by molar-refractivity contribution is -0.137. The molecular formula is C38H36ClF3N8O6. The molecule has 0 unspecified atom stereocenters. The average Bonchev–Trinajstić information content (AvgIpc) is 3.48. The number of aryl methyl sites for hydroxylation is 2. The van der Waals surface area contributed by atoms with Crippen molar-refractivity contribution in [3.05, 3.63) is 115 Å². The highest BCUT2D eigenvalue weighted by Crippen LogP contribution is 2.35. The van der Waals surface area contributed by atoms with Crippen molar-refractivity contribution in [2.45, 2.75) is 65.1 Å². The van der Waals surface area contributed by atoms with Gasteiger partial charge in [-0.25, -0.2) is 32.1 Å². The largest absolute Gasteiger partial charge is 0.481 e. The van der Waals surface area contributed by atoms with E-state index in [4.69, 9.17) is 21.4 Å². The Balaban J connectivity index is 1.53. The van der Waals surface area contributed by atoms with Gasteiger partial charge in [0.1, 0.15) is 5.60 Å². The molecule has 0 fully saturated rings. The van der Waals surface area contributed by atoms with Crippen molar-refractivity contribution in [3.63, 3.8) is 0 Å². The van der Waals surface area contributed by atoms with Gasteiger partial charge in [-0.2, -0.15) is 10.1 Å². The molecule has 14 nitrogen and oxygen atoms in total. The third kappa shape index (κ3) is 8.52. The molecule has 3 heterocycles. The lowest BCUT2D eigenvalue weighted by Crippen LogP contribution is -2.42. The molecule has 1 amide bonds. The molecule has 6 rings (SSSR count). The first-order chi connectivity index (χ1) is 26.5. The fourth-order valence-corrected chi connectivity index (χ4v) is 6.57. The Morgan fingerprint density at radius 2 is 1.77 bits per heavy atom. The first-order valence-electron chi connectivity index (χ1n) is 17.3. The highest BCUT2D eigenvalue weighted by Gasteiger charge is 2.24. The normalized spacial score (nSPS) is 11.6. The number of hydrogen-bond donors (Lipinski definition) is 3. The SMILES string of the molecule is Cn1cc2c(CNC(=O)OC(C)(C)C)c(Nc3nc(=O)n(-c4cncc5cccc(CCCCC(=O)O)c45)c(=O)n3Cc3cc(F)c(F)c(F)c3)c(Cl)cc2n1. The van der Waals surface area contributed by atoms with Crippen LogP contribution in [-0.4, -0.2) is 51.7 Å². The van der Waals surface area contributed by atoms with Gasteiger partial charge in [0, 0.05) is 54.1 Å². The smallest absolute Gasteiger partial charge is 0.407 e. The number of carboxylic acids is 1. The molecule has 0 atom stereocenters. The zero-order chi connectivity index (χ0) is 40.5. The number of carbonyl (C=O) groups is 2. The number of hydrogen-bond acceptors (Lipinski definition) is 9. The van der Waals surface area contributed by atoms with Crippen LogP contribution in [0.25, 0.3) is 27.4 Å². The van der Waals surface area contributed by atoms with Crippen LogP contribution >= 0.6 is 11.6 Å². The zero-order valence-corrected chi connectivity index (χ0v) is 31.4. The summed E-state index contributed by atoms with van der Waals surface area (Å²) in [5.74, 6) is -6.06. The second-order valence-corrected chi connectivity index (χ2v) is 14.4. The molecule has 0 spiro atoms. The van der Waals surface area contributed by atoms with Gasteiger partial charge in [0.05, 0.1) is 34.7 Å². The van der Waals surface area contributed by atoms with Gasteiger partial charge in [-0.3, -0.25) is 19.0 Å². The van der Waals surface area contributed by atoms with Gasteiger partial charge in [0.15, 0.2) is 17.5 Å². The Morgan fingerprint density at radius 3 is 2.46 bits per heavy atom. The van der Waals surface area contributed by atoms with Crippen molar-refractivity contribution in [1.29, 1.82) is 0 Å². The molecule has 0 saturated carbocycles. The summed E-state index contributed by atoms with van der Waals surface area (Å²) >= 11 is 6.78. The molecule has 56 heavy (non-hydrogen) atoms. The maximum absolute atomic E-state index is 14.6. The number of aromatic nitrogens is 6. The van der Waals surface area contributed by atoms with Gasteiger partial charge < -0.3 is 20.5 Å². The van der Waals surface area contributed by atoms with Crippen LogP contribution in [0, 0.1) is 17.5 Å². The summed E-state index contributed by atoms with van der Waals surface area (Å²) in [6.07, 6.45) is 5.00. The Hall–Kier alpha value is -6.23. The molecule has 0 aliphatic rings. The number of anilines is 2. The maximum atomic E-state index is 14.6. The minimum absolute atomic E-state index is 0.0389. The van der Waals surface area contributed by atoms with E-state index in [9.17, 15) is 32.3 Å². The number of pyridine rings is 1. The van der Waals surface area contributed by atoms with Crippen molar-refractivity contribution in [2.24, 2.45) is 7.05 Å². The summed E-state index contributed by atoms with van der Waals surface area (Å²) in [6.45, 7) is 4.30. The summed E-state index contributed by atoms with van der Waals surface area (Å²) in [7, 11) is 1.68. The number of aliphatic carboxylic acids is 1. The minimum Gasteiger partial charge on any atom is -0.481 e. The van der Waals surface area contributed by atoms with E-state index < -0.39 is 59.0 Å². The van der Waals surface area contributed by atoms with Crippen LogP contribution in [0.2, 0.25) is 5.02 Å². The van der Waals surface area contributed by atoms with E-state index in [0.717, 1.165) is 9.13 Å². The molecule has 3 aromatic heterocycles. The Labute approximate surface area is 321 Å². The van der Waals surface area contributed by atoms with Crippen LogP contribution in [0.15, 0.2) is 64.6 Å². The van der Waals surface area contributed by atoms with E-state index in [1.165, 1.54) is 16.9 Å². The molecule has 292 valence electrons. The van der Waals surface area contributed by atoms with E-state index >= 15 is 0 Å². The zero-order valence-electron chi connectivity index (χ0n) is 30.6. The number of carbonyl (C=O) groups excluding carboxylic acids is 1. The third-order valence-electron chi connectivity index (χ3n) is 8.66. The first kappa shape index (κ1) is 39.5. The molecule has 0 radical (unpaired) electrons. The van der Waals surface area contributed by atoms with Crippen LogP contribution in [0.5, 0.6) is 0 Å². The van der Waals surface area contributed by atoms with Crippen molar-refractivity contribution < 1.29 is 32.6 Å². The van der Waals surface area contributed by atoms with Crippen LogP contribution < -0.4 is 22.0 Å². The maximum Gasteiger partial charge on any atom is 0.407 e. The molecule has 0 saturated heterocycles. The fourth-order valence-electron chi connectivity index (χ4n) is 6.30. The highest BCUT2D eigenvalue weighted by atomic mass is 35.5. The number of nitrogens with zero attached hydrogens (tertiary/aromatic N) is 6. The third-order valence-corrected chi connectivity index (χ3v) is 8.96. The monoisotopic (exact) mass is 792 g/mol. The number of rotatable bonds is 12. The number of unbranched alkanes of at least 4 members (excludes halogenated alkanes) is 1. The molecule has 6 aromatic rings. The Morgan fingerprint density at radius 1 is 1.04 bits per heavy atom. The summed E-state index contributed by atoms with van der Waals surface area (Å²) in [5.41, 5.74) is -1.41. The minimum atomic E-state index is -1.71. The predicted molar refractivity (Wildman–Crippen MR) is 202 cm³/mol. The quantitative estimate of drug-likeness (QED) is 0.0915. The van der Waals surface area contributed by atoms with E-state index in [2.05, 4.69) is 25.7 Å². The molecule has 0 aliphatic heterocycles. The van der Waals surface area contributed by atoms with Crippen LogP contribution in [0.3, 0.4) is 0 Å². The first-order valence-corrected chi connectivity index (χ1v) is 17.7. The Bertz CT molecular complexity index is 2610. The van der Waals surface area contributed by atoms with Gasteiger partial charge >= 0.3 is 23.4 Å². The number of ether oxygens (including phenoxy) is 1. The van der Waals surface area contributed by atoms with Crippen LogP contribution in [0.1, 0.15) is 56.7 Å². The van der Waals surface area contributed by atoms with Gasteiger partial charge in [-0.1, -0.05) is 29.8 Å². The lowest BCUT2D eigenvalue weighted by Gasteiger charge is -2.21. The fraction of sp³-hybridized carbons (Fsp3) is 0.289. The van der Waals surface area contributed by atoms with Crippen LogP contribution in [0.4, 0.5) is 29.6 Å². The summed E-state index contributed by atoms with van der Waals surface area (Å²) in [6, 6.07) is 8.22. The van der Waals surface area contributed by atoms with Crippen molar-refractivity contribution >= 4 is 57.0 Å². The number of fused-ring (bicyclic) bond motifs is 2. The van der Waals surface area contributed by atoms with E-state index in [0.29, 0.717) is 64.2 Å². The van der Waals surface area contributed by atoms with Gasteiger partial charge in [-0.15, -0.1) is 0 Å². The molecule has 18 heteroatoms. The molecule has 3 N–H and O–H groups in total. The molecule has 0 bridgehead atoms. The van der Waals surface area contributed by atoms with Gasteiger partial charge in [0.25, 0.3) is 0 Å².